The van der Waals surface area contributed by atoms with Crippen LogP contribution in [0.15, 0.2) is 72.3 Å². The molecule has 7 heteroatoms. The maximum Gasteiger partial charge on any atom is 0.300 e. The minimum atomic E-state index is -0.978. The highest BCUT2D eigenvalue weighted by atomic mass is 19.1. The van der Waals surface area contributed by atoms with Gasteiger partial charge in [0, 0.05) is 5.69 Å². The third kappa shape index (κ3) is 4.44. The van der Waals surface area contributed by atoms with Crippen LogP contribution in [0.5, 0.6) is 11.5 Å². The first-order valence-electron chi connectivity index (χ1n) is 11.5. The van der Waals surface area contributed by atoms with Crippen LogP contribution in [0.1, 0.15) is 43.5 Å². The van der Waals surface area contributed by atoms with Crippen LogP contribution < -0.4 is 14.4 Å². The highest BCUT2D eigenvalue weighted by molar-refractivity contribution is 6.51. The second-order valence-electron chi connectivity index (χ2n) is 9.59. The lowest BCUT2D eigenvalue weighted by Crippen LogP contribution is -2.29. The van der Waals surface area contributed by atoms with E-state index in [0.29, 0.717) is 17.0 Å². The second-order valence-corrected chi connectivity index (χ2v) is 9.59. The van der Waals surface area contributed by atoms with Crippen LogP contribution in [-0.2, 0) is 15.0 Å². The fourth-order valence-electron chi connectivity index (χ4n) is 4.36. The summed E-state index contributed by atoms with van der Waals surface area (Å²) in [6.45, 7) is 6.24. The van der Waals surface area contributed by atoms with Gasteiger partial charge in [-0.05, 0) is 59.0 Å². The predicted octanol–water partition coefficient (Wildman–Crippen LogP) is 5.77. The molecule has 1 aliphatic rings. The smallest absolute Gasteiger partial charge is 0.300 e. The van der Waals surface area contributed by atoms with Crippen molar-refractivity contribution in [3.05, 3.63) is 94.8 Å². The fraction of sp³-hybridized carbons (Fsp3) is 0.241. The summed E-state index contributed by atoms with van der Waals surface area (Å²) in [4.78, 5) is 28.1. The summed E-state index contributed by atoms with van der Waals surface area (Å²) in [6, 6.07) is 16.9. The summed E-state index contributed by atoms with van der Waals surface area (Å²) in [5, 5.41) is 11.3. The average Bonchev–Trinajstić information content (AvgIpc) is 3.13. The lowest BCUT2D eigenvalue weighted by Gasteiger charge is -2.27. The zero-order valence-corrected chi connectivity index (χ0v) is 20.8. The van der Waals surface area contributed by atoms with Crippen LogP contribution in [0, 0.1) is 5.82 Å². The number of halogens is 1. The SMILES string of the molecule is COc1cccc(C2/C(=C(\O)c3cc(F)ccc3OC)C(=O)C(=O)N2c2ccc(C(C)(C)C)cc2)c1. The number of benzene rings is 3. The summed E-state index contributed by atoms with van der Waals surface area (Å²) in [5.74, 6) is -2.15. The van der Waals surface area contributed by atoms with Crippen LogP contribution in [0.25, 0.3) is 5.76 Å². The first-order chi connectivity index (χ1) is 17.1. The molecule has 1 amide bonds. The number of amides is 1. The number of nitrogens with zero attached hydrogens (tertiary/aromatic N) is 1. The summed E-state index contributed by atoms with van der Waals surface area (Å²) >= 11 is 0. The van der Waals surface area contributed by atoms with Gasteiger partial charge in [0.15, 0.2) is 0 Å². The molecule has 0 spiro atoms. The number of rotatable bonds is 5. The number of Topliss-reactive ketones (excluding diaryl/α,β-unsaturated/α-hetero) is 1. The van der Waals surface area contributed by atoms with Crippen molar-refractivity contribution in [1.82, 2.24) is 0 Å². The molecule has 3 aromatic carbocycles. The Kier molecular flexibility index (Phi) is 6.59. The van der Waals surface area contributed by atoms with Crippen LogP contribution in [0.4, 0.5) is 10.1 Å². The number of hydrogen-bond acceptors (Lipinski definition) is 5. The van der Waals surface area contributed by atoms with E-state index in [0.717, 1.165) is 11.6 Å². The van der Waals surface area contributed by atoms with Crippen molar-refractivity contribution < 1.29 is 28.6 Å². The van der Waals surface area contributed by atoms with Gasteiger partial charge in [-0.3, -0.25) is 14.5 Å². The summed E-state index contributed by atoms with van der Waals surface area (Å²) in [6.07, 6.45) is 0. The van der Waals surface area contributed by atoms with E-state index in [1.165, 1.54) is 31.3 Å². The van der Waals surface area contributed by atoms with Gasteiger partial charge in [0.1, 0.15) is 23.1 Å². The van der Waals surface area contributed by atoms with Crippen LogP contribution in [-0.4, -0.2) is 31.0 Å². The van der Waals surface area contributed by atoms with E-state index in [9.17, 15) is 19.1 Å². The molecule has 186 valence electrons. The van der Waals surface area contributed by atoms with Crippen LogP contribution >= 0.6 is 0 Å². The van der Waals surface area contributed by atoms with E-state index in [1.807, 2.05) is 12.1 Å². The molecule has 0 radical (unpaired) electrons. The van der Waals surface area contributed by atoms with Gasteiger partial charge in [-0.15, -0.1) is 0 Å². The molecule has 1 unspecified atom stereocenters. The van der Waals surface area contributed by atoms with Crippen molar-refractivity contribution in [1.29, 1.82) is 0 Å². The van der Waals surface area contributed by atoms with Crippen molar-refractivity contribution in [3.8, 4) is 11.5 Å². The Bertz CT molecular complexity index is 1350. The van der Waals surface area contributed by atoms with Gasteiger partial charge in [-0.25, -0.2) is 4.39 Å². The van der Waals surface area contributed by atoms with E-state index in [-0.39, 0.29) is 22.3 Å². The molecule has 1 N–H and O–H groups in total. The van der Waals surface area contributed by atoms with Gasteiger partial charge in [-0.2, -0.15) is 0 Å². The molecule has 6 nitrogen and oxygen atoms in total. The first kappa shape index (κ1) is 25.0. The van der Waals surface area contributed by atoms with Gasteiger partial charge < -0.3 is 14.6 Å². The van der Waals surface area contributed by atoms with E-state index >= 15 is 0 Å². The molecule has 1 saturated heterocycles. The van der Waals surface area contributed by atoms with E-state index in [1.54, 1.807) is 36.4 Å². The maximum absolute atomic E-state index is 14.1. The molecule has 1 fully saturated rings. The molecule has 0 aromatic heterocycles. The number of hydrogen-bond donors (Lipinski definition) is 1. The molecule has 0 aliphatic carbocycles. The highest BCUT2D eigenvalue weighted by Gasteiger charge is 2.47. The third-order valence-electron chi connectivity index (χ3n) is 6.28. The summed E-state index contributed by atoms with van der Waals surface area (Å²) < 4.78 is 24.8. The number of methoxy groups -OCH3 is 2. The van der Waals surface area contributed by atoms with Crippen molar-refractivity contribution in [2.45, 2.75) is 32.2 Å². The standard InChI is InChI=1S/C29H28FNO5/c1-29(2,3)18-9-12-20(13-10-18)31-25(17-7-6-8-21(15-17)35-4)24(27(33)28(31)34)26(32)22-16-19(30)11-14-23(22)36-5/h6-16,25,32H,1-5H3/b26-24+. The number of aliphatic hydroxyl groups excluding tert-OH is 1. The Morgan fingerprint density at radius 3 is 2.25 bits per heavy atom. The van der Waals surface area contributed by atoms with Crippen molar-refractivity contribution >= 4 is 23.1 Å². The van der Waals surface area contributed by atoms with Gasteiger partial charge in [0.25, 0.3) is 11.7 Å². The maximum atomic E-state index is 14.1. The first-order valence-corrected chi connectivity index (χ1v) is 11.5. The summed E-state index contributed by atoms with van der Waals surface area (Å²) in [5.41, 5.74) is 1.80. The molecule has 1 aliphatic heterocycles. The Morgan fingerprint density at radius 2 is 1.64 bits per heavy atom. The molecular formula is C29H28FNO5. The minimum absolute atomic E-state index is 0.0218. The Hall–Kier alpha value is -4.13. The lowest BCUT2D eigenvalue weighted by molar-refractivity contribution is -0.132. The Labute approximate surface area is 209 Å². The topological polar surface area (TPSA) is 76.1 Å². The van der Waals surface area contributed by atoms with Crippen molar-refractivity contribution in [3.63, 3.8) is 0 Å². The largest absolute Gasteiger partial charge is 0.507 e. The molecule has 1 heterocycles. The molecule has 3 aromatic rings. The molecular weight excluding hydrogens is 461 g/mol. The van der Waals surface area contributed by atoms with Crippen LogP contribution in [0.2, 0.25) is 0 Å². The zero-order chi connectivity index (χ0) is 26.2. The van der Waals surface area contributed by atoms with Gasteiger partial charge in [0.2, 0.25) is 0 Å². The summed E-state index contributed by atoms with van der Waals surface area (Å²) in [7, 11) is 2.89. The average molecular weight is 490 g/mol. The second kappa shape index (κ2) is 9.49. The Morgan fingerprint density at radius 1 is 0.944 bits per heavy atom. The highest BCUT2D eigenvalue weighted by Crippen LogP contribution is 2.44. The zero-order valence-electron chi connectivity index (χ0n) is 20.8. The van der Waals surface area contributed by atoms with Crippen molar-refractivity contribution in [2.24, 2.45) is 0 Å². The van der Waals surface area contributed by atoms with Gasteiger partial charge in [-0.1, -0.05) is 45.0 Å². The van der Waals surface area contributed by atoms with Gasteiger partial charge in [0.05, 0.1) is 31.4 Å². The van der Waals surface area contributed by atoms with E-state index < -0.39 is 29.3 Å². The third-order valence-corrected chi connectivity index (χ3v) is 6.28. The molecule has 0 saturated carbocycles. The number of carbonyl (C=O) groups is 2. The van der Waals surface area contributed by atoms with Crippen LogP contribution in [0.3, 0.4) is 0 Å². The number of ether oxygens (including phenoxy) is 2. The Balaban J connectivity index is 1.96. The molecule has 4 rings (SSSR count). The van der Waals surface area contributed by atoms with E-state index in [2.05, 4.69) is 20.8 Å². The van der Waals surface area contributed by atoms with Gasteiger partial charge >= 0.3 is 0 Å². The molecule has 1 atom stereocenters. The van der Waals surface area contributed by atoms with Crippen molar-refractivity contribution in [2.75, 3.05) is 19.1 Å². The normalized spacial score (nSPS) is 17.4. The van der Waals surface area contributed by atoms with E-state index in [4.69, 9.17) is 9.47 Å². The molecule has 0 bridgehead atoms. The number of carbonyl (C=O) groups excluding carboxylic acids is 2. The monoisotopic (exact) mass is 489 g/mol. The number of ketones is 1. The predicted molar refractivity (Wildman–Crippen MR) is 136 cm³/mol. The lowest BCUT2D eigenvalue weighted by atomic mass is 9.87. The number of aliphatic hydroxyl groups is 1. The quantitative estimate of drug-likeness (QED) is 0.280. The minimum Gasteiger partial charge on any atom is -0.507 e. The number of anilines is 1. The molecule has 36 heavy (non-hydrogen) atoms. The fourth-order valence-corrected chi connectivity index (χ4v) is 4.36.